The van der Waals surface area contributed by atoms with Gasteiger partial charge in [-0.15, -0.1) is 22.7 Å². The summed E-state index contributed by atoms with van der Waals surface area (Å²) in [6, 6.07) is 5.58. The van der Waals surface area contributed by atoms with E-state index in [1.807, 2.05) is 12.1 Å². The maximum atomic E-state index is 11.9. The minimum absolute atomic E-state index is 0.150. The van der Waals surface area contributed by atoms with Crippen LogP contribution in [0.3, 0.4) is 0 Å². The van der Waals surface area contributed by atoms with E-state index in [9.17, 15) is 4.79 Å². The third kappa shape index (κ3) is 3.82. The Morgan fingerprint density at radius 3 is 2.95 bits per heavy atom. The van der Waals surface area contributed by atoms with Gasteiger partial charge in [-0.1, -0.05) is 23.4 Å². The van der Waals surface area contributed by atoms with Crippen molar-refractivity contribution in [3.63, 3.8) is 0 Å². The van der Waals surface area contributed by atoms with E-state index in [1.54, 1.807) is 22.8 Å². The van der Waals surface area contributed by atoms with Crippen molar-refractivity contribution in [2.75, 3.05) is 6.54 Å². The number of rotatable bonds is 3. The van der Waals surface area contributed by atoms with Gasteiger partial charge in [0.25, 0.3) is 5.91 Å². The molecule has 0 spiro atoms. The average Bonchev–Trinajstić information content (AvgIpc) is 3.02. The lowest BCUT2D eigenvalue weighted by Gasteiger charge is -2.01. The smallest absolute Gasteiger partial charge is 0.263 e. The molecule has 0 aromatic carbocycles. The van der Waals surface area contributed by atoms with E-state index in [1.165, 1.54) is 11.3 Å². The van der Waals surface area contributed by atoms with Crippen molar-refractivity contribution in [2.45, 2.75) is 6.54 Å². The zero-order valence-electron chi connectivity index (χ0n) is 9.90. The summed E-state index contributed by atoms with van der Waals surface area (Å²) in [5, 5.41) is 5.12. The molecule has 6 heteroatoms. The lowest BCUT2D eigenvalue weighted by Crippen LogP contribution is -2.21. The Balaban J connectivity index is 1.94. The predicted octanol–water partition coefficient (Wildman–Crippen LogP) is 2.70. The molecule has 1 amide bonds. The monoisotopic (exact) mass is 310 g/mol. The molecule has 2 rings (SSSR count). The summed E-state index contributed by atoms with van der Waals surface area (Å²) in [6.45, 7) is 0.822. The summed E-state index contributed by atoms with van der Waals surface area (Å²) in [5.74, 6) is 5.61. The molecule has 2 aromatic heterocycles. The number of nitrogens with two attached hydrogens (primary N) is 1. The third-order valence-corrected chi connectivity index (χ3v) is 4.56. The normalized spacial score (nSPS) is 9.79. The first kappa shape index (κ1) is 14.1. The molecule has 0 unspecified atom stereocenters. The van der Waals surface area contributed by atoms with E-state index in [4.69, 9.17) is 17.3 Å². The zero-order valence-corrected chi connectivity index (χ0v) is 12.3. The van der Waals surface area contributed by atoms with Crippen LogP contribution in [0.5, 0.6) is 0 Å². The maximum Gasteiger partial charge on any atom is 0.263 e. The zero-order chi connectivity index (χ0) is 13.7. The highest BCUT2D eigenvalue weighted by Crippen LogP contribution is 2.22. The standard InChI is InChI=1S/C13H11ClN2OS2/c14-11-5-7-18-12(11)13(17)16-8-10-4-3-9(19-10)2-1-6-15/h3-5,7H,6,8,15H2,(H,16,17). The summed E-state index contributed by atoms with van der Waals surface area (Å²) in [7, 11) is 0. The molecule has 0 fully saturated rings. The molecule has 19 heavy (non-hydrogen) atoms. The second-order valence-corrected chi connectivity index (χ2v) is 6.04. The van der Waals surface area contributed by atoms with Gasteiger partial charge in [-0.2, -0.15) is 0 Å². The minimum Gasteiger partial charge on any atom is -0.346 e. The Kier molecular flexibility index (Phi) is 5.00. The summed E-state index contributed by atoms with van der Waals surface area (Å²) in [6.07, 6.45) is 0. The number of nitrogens with one attached hydrogen (secondary N) is 1. The van der Waals surface area contributed by atoms with Crippen LogP contribution < -0.4 is 11.1 Å². The first-order chi connectivity index (χ1) is 9.20. The van der Waals surface area contributed by atoms with E-state index in [-0.39, 0.29) is 5.91 Å². The van der Waals surface area contributed by atoms with Gasteiger partial charge in [0.05, 0.1) is 23.0 Å². The van der Waals surface area contributed by atoms with Crippen LogP contribution in [0.1, 0.15) is 19.4 Å². The maximum absolute atomic E-state index is 11.9. The van der Waals surface area contributed by atoms with Crippen molar-refractivity contribution < 1.29 is 4.79 Å². The first-order valence-corrected chi connectivity index (χ1v) is 7.57. The van der Waals surface area contributed by atoms with E-state index in [0.717, 1.165) is 9.75 Å². The van der Waals surface area contributed by atoms with E-state index < -0.39 is 0 Å². The fraction of sp³-hybridized carbons (Fsp3) is 0.154. The summed E-state index contributed by atoms with van der Waals surface area (Å²) in [5.41, 5.74) is 5.31. The van der Waals surface area contributed by atoms with Gasteiger partial charge in [-0.05, 0) is 23.6 Å². The van der Waals surface area contributed by atoms with E-state index in [0.29, 0.717) is 23.0 Å². The van der Waals surface area contributed by atoms with Gasteiger partial charge in [0.15, 0.2) is 0 Å². The number of thiophene rings is 2. The molecule has 0 aliphatic heterocycles. The van der Waals surface area contributed by atoms with Gasteiger partial charge in [0, 0.05) is 4.88 Å². The second-order valence-electron chi connectivity index (χ2n) is 3.55. The molecule has 0 radical (unpaired) electrons. The van der Waals surface area contributed by atoms with Gasteiger partial charge in [-0.3, -0.25) is 4.79 Å². The number of carbonyl (C=O) groups excluding carboxylic acids is 1. The molecule has 0 saturated carbocycles. The lowest BCUT2D eigenvalue weighted by molar-refractivity contribution is 0.0955. The number of halogens is 1. The van der Waals surface area contributed by atoms with Crippen LogP contribution in [0.2, 0.25) is 5.02 Å². The van der Waals surface area contributed by atoms with Crippen molar-refractivity contribution in [1.29, 1.82) is 0 Å². The fourth-order valence-corrected chi connectivity index (χ4v) is 3.26. The van der Waals surface area contributed by atoms with Gasteiger partial charge in [0.2, 0.25) is 0 Å². The number of hydrogen-bond donors (Lipinski definition) is 2. The third-order valence-electron chi connectivity index (χ3n) is 2.22. The Hall–Kier alpha value is -1.32. The Morgan fingerprint density at radius 2 is 2.26 bits per heavy atom. The molecular formula is C13H11ClN2OS2. The highest BCUT2D eigenvalue weighted by molar-refractivity contribution is 7.13. The SMILES string of the molecule is NCC#Cc1ccc(CNC(=O)c2sccc2Cl)s1. The molecule has 98 valence electrons. The number of hydrogen-bond acceptors (Lipinski definition) is 4. The van der Waals surface area contributed by atoms with Gasteiger partial charge in [0.1, 0.15) is 4.88 Å². The molecule has 2 heterocycles. The van der Waals surface area contributed by atoms with Crippen molar-refractivity contribution in [3.8, 4) is 11.8 Å². The van der Waals surface area contributed by atoms with Gasteiger partial charge < -0.3 is 11.1 Å². The van der Waals surface area contributed by atoms with Crippen LogP contribution in [0, 0.1) is 11.8 Å². The Labute approximate surface area is 124 Å². The minimum atomic E-state index is -0.150. The second kappa shape index (κ2) is 6.73. The van der Waals surface area contributed by atoms with Crippen molar-refractivity contribution >= 4 is 40.2 Å². The van der Waals surface area contributed by atoms with Crippen LogP contribution >= 0.6 is 34.3 Å². The Morgan fingerprint density at radius 1 is 1.42 bits per heavy atom. The topological polar surface area (TPSA) is 55.1 Å². The number of amides is 1. The quantitative estimate of drug-likeness (QED) is 0.856. The molecule has 3 N–H and O–H groups in total. The molecule has 0 bridgehead atoms. The highest BCUT2D eigenvalue weighted by atomic mass is 35.5. The van der Waals surface area contributed by atoms with Gasteiger partial charge >= 0.3 is 0 Å². The molecule has 0 atom stereocenters. The van der Waals surface area contributed by atoms with Crippen molar-refractivity contribution in [2.24, 2.45) is 5.73 Å². The molecule has 0 aliphatic rings. The van der Waals surface area contributed by atoms with Crippen LogP contribution in [0.15, 0.2) is 23.6 Å². The Bertz CT molecular complexity index is 636. The molecule has 0 saturated heterocycles. The predicted molar refractivity (Wildman–Crippen MR) is 80.8 cm³/mol. The molecular weight excluding hydrogens is 300 g/mol. The number of carbonyl (C=O) groups is 1. The summed E-state index contributed by atoms with van der Waals surface area (Å²) >= 11 is 8.77. The average molecular weight is 311 g/mol. The van der Waals surface area contributed by atoms with Crippen LogP contribution in [-0.2, 0) is 6.54 Å². The van der Waals surface area contributed by atoms with Crippen molar-refractivity contribution in [1.82, 2.24) is 5.32 Å². The molecule has 3 nitrogen and oxygen atoms in total. The van der Waals surface area contributed by atoms with E-state index in [2.05, 4.69) is 17.2 Å². The lowest BCUT2D eigenvalue weighted by atomic mass is 10.4. The van der Waals surface area contributed by atoms with E-state index >= 15 is 0 Å². The summed E-state index contributed by atoms with van der Waals surface area (Å²) in [4.78, 5) is 14.4. The fourth-order valence-electron chi connectivity index (χ4n) is 1.38. The highest BCUT2D eigenvalue weighted by Gasteiger charge is 2.11. The van der Waals surface area contributed by atoms with Crippen molar-refractivity contribution in [3.05, 3.63) is 43.2 Å². The van der Waals surface area contributed by atoms with Crippen LogP contribution in [-0.4, -0.2) is 12.5 Å². The van der Waals surface area contributed by atoms with Crippen LogP contribution in [0.4, 0.5) is 0 Å². The summed E-state index contributed by atoms with van der Waals surface area (Å²) < 4.78 is 0. The first-order valence-electron chi connectivity index (χ1n) is 5.49. The molecule has 0 aliphatic carbocycles. The largest absolute Gasteiger partial charge is 0.346 e. The van der Waals surface area contributed by atoms with Crippen LogP contribution in [0.25, 0.3) is 0 Å². The molecule has 2 aromatic rings. The van der Waals surface area contributed by atoms with Gasteiger partial charge in [-0.25, -0.2) is 0 Å².